The molecule has 1 aliphatic heterocycles. The third-order valence-corrected chi connectivity index (χ3v) is 7.46. The molecular weight excluding hydrogens is 414 g/mol. The number of hydrogen-bond donors (Lipinski definition) is 2. The van der Waals surface area contributed by atoms with E-state index in [9.17, 15) is 9.59 Å². The number of fused-ring (bicyclic) bond motifs is 2. The second-order valence-electron chi connectivity index (χ2n) is 7.45. The summed E-state index contributed by atoms with van der Waals surface area (Å²) in [7, 11) is 0. The van der Waals surface area contributed by atoms with E-state index in [1.165, 1.54) is 21.8 Å². The van der Waals surface area contributed by atoms with Crippen molar-refractivity contribution in [1.82, 2.24) is 15.2 Å². The van der Waals surface area contributed by atoms with E-state index in [0.29, 0.717) is 24.4 Å². The zero-order valence-corrected chi connectivity index (χ0v) is 17.9. The molecule has 0 saturated heterocycles. The molecule has 7 heteroatoms. The number of amides is 2. The molecule has 5 rings (SSSR count). The fourth-order valence-corrected chi connectivity index (χ4v) is 5.53. The topological polar surface area (TPSA) is 65.2 Å². The van der Waals surface area contributed by atoms with Gasteiger partial charge in [0, 0.05) is 41.5 Å². The molecule has 0 saturated carbocycles. The molecular formula is C23H21N3O2S2. The second-order valence-corrected chi connectivity index (χ2v) is 9.39. The summed E-state index contributed by atoms with van der Waals surface area (Å²) < 4.78 is 0. The highest BCUT2D eigenvalue weighted by atomic mass is 32.1. The summed E-state index contributed by atoms with van der Waals surface area (Å²) in [6.45, 7) is 1.29. The van der Waals surface area contributed by atoms with Crippen LogP contribution in [0.25, 0.3) is 10.9 Å². The predicted molar refractivity (Wildman–Crippen MR) is 121 cm³/mol. The average Bonchev–Trinajstić information content (AvgIpc) is 3.53. The number of nitrogens with one attached hydrogen (secondary N) is 2. The molecule has 0 aliphatic carbocycles. The number of thiophene rings is 2. The van der Waals surface area contributed by atoms with E-state index >= 15 is 0 Å². The van der Waals surface area contributed by atoms with Crippen molar-refractivity contribution in [1.29, 1.82) is 0 Å². The number of carbonyl (C=O) groups excluding carboxylic acids is 2. The summed E-state index contributed by atoms with van der Waals surface area (Å²) in [6.07, 6.45) is 3.26. The highest BCUT2D eigenvalue weighted by Crippen LogP contribution is 2.25. The van der Waals surface area contributed by atoms with Gasteiger partial charge in [-0.2, -0.15) is 0 Å². The Bertz CT molecular complexity index is 1190. The van der Waals surface area contributed by atoms with E-state index in [1.807, 2.05) is 46.8 Å². The van der Waals surface area contributed by atoms with Gasteiger partial charge in [0.1, 0.15) is 6.04 Å². The number of H-pyrrole nitrogens is 1. The second kappa shape index (κ2) is 8.08. The Morgan fingerprint density at radius 2 is 2.00 bits per heavy atom. The quantitative estimate of drug-likeness (QED) is 0.493. The van der Waals surface area contributed by atoms with E-state index < -0.39 is 6.04 Å². The summed E-state index contributed by atoms with van der Waals surface area (Å²) in [6, 6.07) is 13.1. The SMILES string of the molecule is O=C(NC(Cc1c[nH]c2ccccc12)C(=O)N1CCc2sccc2C1)c1cccs1. The molecule has 5 nitrogen and oxygen atoms in total. The number of carbonyl (C=O) groups is 2. The Labute approximate surface area is 182 Å². The van der Waals surface area contributed by atoms with E-state index in [-0.39, 0.29) is 11.8 Å². The van der Waals surface area contributed by atoms with Gasteiger partial charge in [-0.15, -0.1) is 22.7 Å². The van der Waals surface area contributed by atoms with Crippen LogP contribution in [-0.4, -0.2) is 34.3 Å². The molecule has 30 heavy (non-hydrogen) atoms. The first kappa shape index (κ1) is 19.1. The van der Waals surface area contributed by atoms with E-state index in [2.05, 4.69) is 21.7 Å². The number of aromatic nitrogens is 1. The van der Waals surface area contributed by atoms with Crippen LogP contribution in [0, 0.1) is 0 Å². The number of hydrogen-bond acceptors (Lipinski definition) is 4. The number of para-hydroxylation sites is 1. The predicted octanol–water partition coefficient (Wildman–Crippen LogP) is 4.22. The Balaban J connectivity index is 1.41. The minimum absolute atomic E-state index is 0.0259. The molecule has 0 fully saturated rings. The van der Waals surface area contributed by atoms with E-state index in [1.54, 1.807) is 17.4 Å². The summed E-state index contributed by atoms with van der Waals surface area (Å²) in [5.74, 6) is -0.224. The molecule has 1 aromatic carbocycles. The lowest BCUT2D eigenvalue weighted by molar-refractivity contribution is -0.134. The number of aromatic amines is 1. The monoisotopic (exact) mass is 435 g/mol. The molecule has 4 aromatic rings. The van der Waals surface area contributed by atoms with Gasteiger partial charge >= 0.3 is 0 Å². The van der Waals surface area contributed by atoms with Gasteiger partial charge in [0.15, 0.2) is 0 Å². The first-order valence-electron chi connectivity index (χ1n) is 9.92. The Hall–Kier alpha value is -2.90. The largest absolute Gasteiger partial charge is 0.361 e. The van der Waals surface area contributed by atoms with Gasteiger partial charge in [0.25, 0.3) is 5.91 Å². The minimum Gasteiger partial charge on any atom is -0.361 e. The fraction of sp³-hybridized carbons (Fsp3) is 0.217. The third kappa shape index (κ3) is 3.66. The van der Waals surface area contributed by atoms with Gasteiger partial charge in [-0.1, -0.05) is 24.3 Å². The van der Waals surface area contributed by atoms with Crippen molar-refractivity contribution in [2.75, 3.05) is 6.54 Å². The van der Waals surface area contributed by atoms with Crippen LogP contribution in [0.1, 0.15) is 25.7 Å². The van der Waals surface area contributed by atoms with E-state index in [0.717, 1.165) is 22.9 Å². The Morgan fingerprint density at radius 3 is 2.87 bits per heavy atom. The van der Waals surface area contributed by atoms with Gasteiger partial charge in [-0.05, 0) is 46.5 Å². The van der Waals surface area contributed by atoms with Crippen molar-refractivity contribution in [2.45, 2.75) is 25.4 Å². The first-order valence-corrected chi connectivity index (χ1v) is 11.7. The van der Waals surface area contributed by atoms with Crippen molar-refractivity contribution >= 4 is 45.4 Å². The van der Waals surface area contributed by atoms with Crippen molar-refractivity contribution in [3.05, 3.63) is 80.3 Å². The molecule has 0 spiro atoms. The van der Waals surface area contributed by atoms with Crippen molar-refractivity contribution in [2.24, 2.45) is 0 Å². The van der Waals surface area contributed by atoms with Crippen molar-refractivity contribution in [3.8, 4) is 0 Å². The van der Waals surface area contributed by atoms with Gasteiger partial charge in [-0.3, -0.25) is 9.59 Å². The van der Waals surface area contributed by atoms with Crippen LogP contribution >= 0.6 is 22.7 Å². The molecule has 2 N–H and O–H groups in total. The standard InChI is InChI=1S/C23H21N3O2S2/c27-22(21-6-3-10-29-21)25-19(12-16-13-24-18-5-2-1-4-17(16)18)23(28)26-9-7-20-15(14-26)8-11-30-20/h1-6,8,10-11,13,19,24H,7,9,12,14H2,(H,25,27). The maximum Gasteiger partial charge on any atom is 0.262 e. The van der Waals surface area contributed by atoms with Gasteiger partial charge in [0.2, 0.25) is 5.91 Å². The van der Waals surface area contributed by atoms with Crippen LogP contribution < -0.4 is 5.32 Å². The van der Waals surface area contributed by atoms with Crippen LogP contribution in [0.2, 0.25) is 0 Å². The highest BCUT2D eigenvalue weighted by molar-refractivity contribution is 7.12. The Kier molecular flexibility index (Phi) is 5.14. The molecule has 2 amide bonds. The molecule has 4 heterocycles. The average molecular weight is 436 g/mol. The maximum atomic E-state index is 13.5. The van der Waals surface area contributed by atoms with Crippen LogP contribution in [0.5, 0.6) is 0 Å². The van der Waals surface area contributed by atoms with Crippen LogP contribution in [0.3, 0.4) is 0 Å². The van der Waals surface area contributed by atoms with Gasteiger partial charge < -0.3 is 15.2 Å². The molecule has 0 radical (unpaired) electrons. The smallest absolute Gasteiger partial charge is 0.262 e. The fourth-order valence-electron chi connectivity index (χ4n) is 4.01. The zero-order chi connectivity index (χ0) is 20.5. The molecule has 0 bridgehead atoms. The summed E-state index contributed by atoms with van der Waals surface area (Å²) in [5.41, 5.74) is 3.28. The number of rotatable bonds is 5. The summed E-state index contributed by atoms with van der Waals surface area (Å²) in [4.78, 5) is 33.4. The lowest BCUT2D eigenvalue weighted by Gasteiger charge is -2.31. The van der Waals surface area contributed by atoms with Gasteiger partial charge in [-0.25, -0.2) is 0 Å². The maximum absolute atomic E-state index is 13.5. The normalized spacial score (nSPS) is 14.5. The molecule has 1 aliphatic rings. The molecule has 3 aromatic heterocycles. The van der Waals surface area contributed by atoms with Crippen molar-refractivity contribution in [3.63, 3.8) is 0 Å². The lowest BCUT2D eigenvalue weighted by Crippen LogP contribution is -2.50. The lowest BCUT2D eigenvalue weighted by atomic mass is 10.0. The minimum atomic E-state index is -0.612. The van der Waals surface area contributed by atoms with Crippen LogP contribution in [-0.2, 0) is 24.2 Å². The summed E-state index contributed by atoms with van der Waals surface area (Å²) >= 11 is 3.13. The third-order valence-electron chi connectivity index (χ3n) is 5.57. The molecule has 1 atom stereocenters. The first-order chi connectivity index (χ1) is 14.7. The summed E-state index contributed by atoms with van der Waals surface area (Å²) in [5, 5.41) is 8.04. The van der Waals surface area contributed by atoms with E-state index in [4.69, 9.17) is 0 Å². The molecule has 1 unspecified atom stereocenters. The zero-order valence-electron chi connectivity index (χ0n) is 16.3. The molecule has 152 valence electrons. The van der Waals surface area contributed by atoms with Crippen molar-refractivity contribution < 1.29 is 9.59 Å². The number of nitrogens with zero attached hydrogens (tertiary/aromatic N) is 1. The van der Waals surface area contributed by atoms with Crippen LogP contribution in [0.4, 0.5) is 0 Å². The highest BCUT2D eigenvalue weighted by Gasteiger charge is 2.30. The number of benzene rings is 1. The Morgan fingerprint density at radius 1 is 1.10 bits per heavy atom. The van der Waals surface area contributed by atoms with Gasteiger partial charge in [0.05, 0.1) is 4.88 Å². The van der Waals surface area contributed by atoms with Crippen LogP contribution in [0.15, 0.2) is 59.4 Å².